The lowest BCUT2D eigenvalue weighted by Crippen LogP contribution is -2.37. The quantitative estimate of drug-likeness (QED) is 0.648. The first-order chi connectivity index (χ1) is 6.75. The van der Waals surface area contributed by atoms with E-state index >= 15 is 0 Å². The SMILES string of the molecule is NN1C=C(c2ccc(F)cc2)C=NN1. The van der Waals surface area contributed by atoms with Gasteiger partial charge in [-0.15, -0.1) is 0 Å². The maximum Gasteiger partial charge on any atom is 0.123 e. The molecule has 0 unspecified atom stereocenters. The molecule has 0 aliphatic carbocycles. The third-order valence-electron chi connectivity index (χ3n) is 1.83. The Morgan fingerprint density at radius 1 is 1.29 bits per heavy atom. The van der Waals surface area contributed by atoms with Crippen LogP contribution in [0.1, 0.15) is 5.56 Å². The molecule has 0 saturated heterocycles. The third-order valence-corrected chi connectivity index (χ3v) is 1.83. The van der Waals surface area contributed by atoms with Gasteiger partial charge in [0.25, 0.3) is 0 Å². The number of hydrazine groups is 2. The highest BCUT2D eigenvalue weighted by atomic mass is 19.1. The Bertz CT molecular complexity index is 382. The number of hydrogen-bond donors (Lipinski definition) is 2. The zero-order valence-electron chi connectivity index (χ0n) is 7.31. The minimum Gasteiger partial charge on any atom is -0.227 e. The Labute approximate surface area is 80.5 Å². The number of hydrogen-bond acceptors (Lipinski definition) is 4. The van der Waals surface area contributed by atoms with Crippen molar-refractivity contribution in [3.63, 3.8) is 0 Å². The Hall–Kier alpha value is -1.88. The second kappa shape index (κ2) is 3.47. The summed E-state index contributed by atoms with van der Waals surface area (Å²) < 4.78 is 12.6. The number of nitrogens with zero attached hydrogens (tertiary/aromatic N) is 2. The van der Waals surface area contributed by atoms with Crippen LogP contribution in [0.3, 0.4) is 0 Å². The van der Waals surface area contributed by atoms with Crippen LogP contribution in [0.4, 0.5) is 4.39 Å². The topological polar surface area (TPSA) is 53.6 Å². The van der Waals surface area contributed by atoms with Crippen LogP contribution >= 0.6 is 0 Å². The van der Waals surface area contributed by atoms with Crippen molar-refractivity contribution in [1.29, 1.82) is 0 Å². The van der Waals surface area contributed by atoms with Crippen LogP contribution in [0.5, 0.6) is 0 Å². The predicted octanol–water partition coefficient (Wildman–Crippen LogP) is 0.846. The Kier molecular flexibility index (Phi) is 2.16. The van der Waals surface area contributed by atoms with Gasteiger partial charge in [0.1, 0.15) is 5.82 Å². The van der Waals surface area contributed by atoms with Crippen molar-refractivity contribution in [3.05, 3.63) is 41.8 Å². The second-order valence-corrected chi connectivity index (χ2v) is 2.86. The first kappa shape index (κ1) is 8.71. The number of nitrogens with two attached hydrogens (primary N) is 1. The van der Waals surface area contributed by atoms with Crippen LogP contribution in [0.2, 0.25) is 0 Å². The molecule has 0 atom stereocenters. The van der Waals surface area contributed by atoms with E-state index in [2.05, 4.69) is 10.6 Å². The van der Waals surface area contributed by atoms with Crippen molar-refractivity contribution in [2.45, 2.75) is 0 Å². The highest BCUT2D eigenvalue weighted by Crippen LogP contribution is 2.14. The van der Waals surface area contributed by atoms with Gasteiger partial charge in [-0.25, -0.2) is 20.9 Å². The summed E-state index contributed by atoms with van der Waals surface area (Å²) in [5.41, 5.74) is 4.22. The van der Waals surface area contributed by atoms with Crippen LogP contribution in [0.25, 0.3) is 5.57 Å². The first-order valence-electron chi connectivity index (χ1n) is 4.06. The molecule has 0 radical (unpaired) electrons. The minimum atomic E-state index is -0.259. The summed E-state index contributed by atoms with van der Waals surface area (Å²) in [4.78, 5) is 0. The molecule has 72 valence electrons. The molecule has 0 amide bonds. The maximum atomic E-state index is 12.6. The molecule has 1 aliphatic rings. The van der Waals surface area contributed by atoms with Gasteiger partial charge in [-0.3, -0.25) is 0 Å². The van der Waals surface area contributed by atoms with E-state index in [0.717, 1.165) is 11.1 Å². The molecule has 3 N–H and O–H groups in total. The number of rotatable bonds is 1. The van der Waals surface area contributed by atoms with Gasteiger partial charge in [0.05, 0.1) is 12.4 Å². The summed E-state index contributed by atoms with van der Waals surface area (Å²) >= 11 is 0. The molecule has 5 heteroatoms. The standard InChI is InChI=1S/C9H9FN4/c10-9-3-1-7(2-4-9)8-5-12-13-14(11)6-8/h1-6,13H,11H2. The van der Waals surface area contributed by atoms with Crippen molar-refractivity contribution < 1.29 is 4.39 Å². The van der Waals surface area contributed by atoms with Crippen LogP contribution in [0.15, 0.2) is 35.6 Å². The zero-order chi connectivity index (χ0) is 9.97. The molecule has 0 bridgehead atoms. The molecule has 0 saturated carbocycles. The number of nitrogens with one attached hydrogen (secondary N) is 1. The van der Waals surface area contributed by atoms with Gasteiger partial charge in [0.15, 0.2) is 0 Å². The zero-order valence-corrected chi connectivity index (χ0v) is 7.31. The molecular weight excluding hydrogens is 183 g/mol. The summed E-state index contributed by atoms with van der Waals surface area (Å²) in [6.45, 7) is 0. The lowest BCUT2D eigenvalue weighted by atomic mass is 10.1. The average Bonchev–Trinajstić information content (AvgIpc) is 2.19. The fourth-order valence-corrected chi connectivity index (χ4v) is 1.17. The summed E-state index contributed by atoms with van der Waals surface area (Å²) in [6, 6.07) is 6.14. The monoisotopic (exact) mass is 192 g/mol. The van der Waals surface area contributed by atoms with Gasteiger partial charge in [0, 0.05) is 5.57 Å². The van der Waals surface area contributed by atoms with E-state index in [1.807, 2.05) is 0 Å². The molecule has 1 aromatic carbocycles. The molecular formula is C9H9FN4. The fourth-order valence-electron chi connectivity index (χ4n) is 1.17. The highest BCUT2D eigenvalue weighted by molar-refractivity contribution is 6.09. The van der Waals surface area contributed by atoms with Crippen LogP contribution in [-0.2, 0) is 0 Å². The molecule has 0 fully saturated rings. The third kappa shape index (κ3) is 1.72. The number of hydrazone groups is 1. The maximum absolute atomic E-state index is 12.6. The Morgan fingerprint density at radius 2 is 2.00 bits per heavy atom. The number of benzene rings is 1. The summed E-state index contributed by atoms with van der Waals surface area (Å²) in [5, 5.41) is 5.04. The van der Waals surface area contributed by atoms with Gasteiger partial charge in [-0.1, -0.05) is 12.1 Å². The average molecular weight is 192 g/mol. The van der Waals surface area contributed by atoms with Crippen LogP contribution in [0, 0.1) is 5.82 Å². The van der Waals surface area contributed by atoms with Gasteiger partial charge in [-0.2, -0.15) is 5.10 Å². The van der Waals surface area contributed by atoms with Crippen LogP contribution in [-0.4, -0.2) is 11.3 Å². The lowest BCUT2D eigenvalue weighted by Gasteiger charge is -2.17. The Balaban J connectivity index is 2.31. The lowest BCUT2D eigenvalue weighted by molar-refractivity contribution is 0.286. The molecule has 1 aromatic rings. The van der Waals surface area contributed by atoms with E-state index in [1.54, 1.807) is 24.5 Å². The molecule has 1 heterocycles. The van der Waals surface area contributed by atoms with E-state index < -0.39 is 0 Å². The van der Waals surface area contributed by atoms with E-state index in [0.29, 0.717) is 0 Å². The van der Waals surface area contributed by atoms with E-state index in [1.165, 1.54) is 17.3 Å². The highest BCUT2D eigenvalue weighted by Gasteiger charge is 2.04. The van der Waals surface area contributed by atoms with Crippen LogP contribution < -0.4 is 11.4 Å². The predicted molar refractivity (Wildman–Crippen MR) is 52.0 cm³/mol. The molecule has 2 rings (SSSR count). The van der Waals surface area contributed by atoms with Gasteiger partial charge < -0.3 is 0 Å². The van der Waals surface area contributed by atoms with Gasteiger partial charge in [0.2, 0.25) is 0 Å². The molecule has 0 spiro atoms. The molecule has 0 aromatic heterocycles. The smallest absolute Gasteiger partial charge is 0.123 e. The minimum absolute atomic E-state index is 0.259. The summed E-state index contributed by atoms with van der Waals surface area (Å²) in [5.74, 6) is 5.19. The molecule has 14 heavy (non-hydrogen) atoms. The van der Waals surface area contributed by atoms with Crippen molar-refractivity contribution >= 4 is 11.8 Å². The summed E-state index contributed by atoms with van der Waals surface area (Å²) in [6.07, 6.45) is 3.29. The van der Waals surface area contributed by atoms with E-state index in [4.69, 9.17) is 5.84 Å². The second-order valence-electron chi connectivity index (χ2n) is 2.86. The van der Waals surface area contributed by atoms with Crippen molar-refractivity contribution in [2.75, 3.05) is 0 Å². The van der Waals surface area contributed by atoms with Crippen molar-refractivity contribution in [2.24, 2.45) is 10.9 Å². The molecule has 4 nitrogen and oxygen atoms in total. The van der Waals surface area contributed by atoms with Gasteiger partial charge >= 0.3 is 0 Å². The molecule has 1 aliphatic heterocycles. The largest absolute Gasteiger partial charge is 0.227 e. The normalized spacial score (nSPS) is 15.0. The van der Waals surface area contributed by atoms with E-state index in [9.17, 15) is 4.39 Å². The Morgan fingerprint density at radius 3 is 2.64 bits per heavy atom. The number of allylic oxidation sites excluding steroid dienone is 1. The number of halogens is 1. The van der Waals surface area contributed by atoms with Crippen molar-refractivity contribution in [3.8, 4) is 0 Å². The van der Waals surface area contributed by atoms with E-state index in [-0.39, 0.29) is 5.82 Å². The summed E-state index contributed by atoms with van der Waals surface area (Å²) in [7, 11) is 0. The van der Waals surface area contributed by atoms with Gasteiger partial charge in [-0.05, 0) is 17.7 Å². The van der Waals surface area contributed by atoms with Crippen molar-refractivity contribution in [1.82, 2.24) is 10.7 Å². The fraction of sp³-hybridized carbons (Fsp3) is 0. The first-order valence-corrected chi connectivity index (χ1v) is 4.06.